The second-order valence-corrected chi connectivity index (χ2v) is 15.5. The van der Waals surface area contributed by atoms with E-state index in [1.165, 1.54) is 7.11 Å². The summed E-state index contributed by atoms with van der Waals surface area (Å²) in [5, 5.41) is 8.32. The van der Waals surface area contributed by atoms with Crippen LogP contribution in [0.25, 0.3) is 4.85 Å². The molecular weight excluding hydrogens is 530 g/mol. The molecule has 8 nitrogen and oxygen atoms in total. The Hall–Kier alpha value is -3.08. The zero-order valence-electron chi connectivity index (χ0n) is 26.2. The van der Waals surface area contributed by atoms with Crippen molar-refractivity contribution in [3.05, 3.63) is 46.6 Å². The van der Waals surface area contributed by atoms with Gasteiger partial charge in [-0.25, -0.2) is 4.85 Å². The molecule has 0 radical (unpaired) electrons. The normalized spacial score (nSPS) is 43.9. The number of nitrogens with zero attached hydrogens (tertiary/aromatic N) is 3. The number of allylic oxidation sites excluding steroid dienone is 4. The van der Waals surface area contributed by atoms with Crippen LogP contribution in [0.2, 0.25) is 0 Å². The molecule has 0 aromatic carbocycles. The third kappa shape index (κ3) is 3.37. The van der Waals surface area contributed by atoms with Crippen LogP contribution < -0.4 is 0 Å². The van der Waals surface area contributed by atoms with E-state index in [4.69, 9.17) is 15.7 Å². The lowest BCUT2D eigenvalue weighted by Gasteiger charge is -2.68. The van der Waals surface area contributed by atoms with Gasteiger partial charge in [-0.15, -0.1) is 10.2 Å². The van der Waals surface area contributed by atoms with Crippen molar-refractivity contribution >= 4 is 17.5 Å². The second kappa shape index (κ2) is 8.74. The molecule has 1 heterocycles. The first-order valence-corrected chi connectivity index (χ1v) is 15.3. The molecule has 224 valence electrons. The zero-order chi connectivity index (χ0) is 30.7. The quantitative estimate of drug-likeness (QED) is 0.300. The first kappa shape index (κ1) is 29.0. The van der Waals surface area contributed by atoms with E-state index in [2.05, 4.69) is 49.7 Å². The van der Waals surface area contributed by atoms with Gasteiger partial charge in [-0.1, -0.05) is 46.3 Å². The van der Waals surface area contributed by atoms with Crippen molar-refractivity contribution in [1.82, 2.24) is 10.2 Å². The Labute approximate surface area is 248 Å². The van der Waals surface area contributed by atoms with Crippen LogP contribution in [0.15, 0.2) is 27.8 Å². The van der Waals surface area contributed by atoms with Crippen LogP contribution in [-0.2, 0) is 24.5 Å². The standard InChI is InChI=1S/C34H43N3O5/c1-19-36-37-27(42-19)33(7)23-10-11-31(5)24(30(23,4)18-21(35-8)26(33)39)16-22(38)25-20-17-29(2,3)12-14-34(20,28(40)41-9)15-13-32(25,31)6/h16,18,20,23,25H,10-15,17H2,1-7,9H3/t20-,23+,25-,30-,31+,32+,33-,34-/m0/s1. The summed E-state index contributed by atoms with van der Waals surface area (Å²) in [4.78, 5) is 45.7. The van der Waals surface area contributed by atoms with Crippen LogP contribution in [0, 0.1) is 58.3 Å². The van der Waals surface area contributed by atoms with E-state index in [0.29, 0.717) is 18.7 Å². The van der Waals surface area contributed by atoms with Crippen molar-refractivity contribution in [2.75, 3.05) is 7.11 Å². The fourth-order valence-electron chi connectivity index (χ4n) is 10.6. The number of carbonyl (C=O) groups is 3. The number of ketones is 2. The van der Waals surface area contributed by atoms with Gasteiger partial charge in [0.2, 0.25) is 17.5 Å². The van der Waals surface area contributed by atoms with E-state index in [-0.39, 0.29) is 57.7 Å². The van der Waals surface area contributed by atoms with Crippen molar-refractivity contribution in [2.45, 2.75) is 98.8 Å². The summed E-state index contributed by atoms with van der Waals surface area (Å²) >= 11 is 0. The monoisotopic (exact) mass is 573 g/mol. The van der Waals surface area contributed by atoms with Crippen molar-refractivity contribution in [2.24, 2.45) is 44.8 Å². The van der Waals surface area contributed by atoms with Crippen molar-refractivity contribution in [3.63, 3.8) is 0 Å². The molecule has 8 heteroatoms. The van der Waals surface area contributed by atoms with Crippen LogP contribution in [0.1, 0.15) is 98.3 Å². The van der Waals surface area contributed by atoms with Gasteiger partial charge in [-0.3, -0.25) is 9.59 Å². The Morgan fingerprint density at radius 1 is 1.05 bits per heavy atom. The summed E-state index contributed by atoms with van der Waals surface area (Å²) in [6, 6.07) is 0. The third-order valence-corrected chi connectivity index (χ3v) is 13.1. The largest absolute Gasteiger partial charge is 0.469 e. The molecule has 0 N–H and O–H groups in total. The second-order valence-electron chi connectivity index (χ2n) is 15.5. The molecule has 1 aromatic heterocycles. The SMILES string of the molecule is [C-]#[N+]C1=C[C@]2(C)C3=CC(=O)[C@@H]4[C@@H]5CC(C)(C)CC[C@]5(C(=O)OC)CC[C@@]4(C)[C@]3(C)CC[C@H]2[C@](C)(c2nnc(C)o2)C1=O. The lowest BCUT2D eigenvalue weighted by molar-refractivity contribution is -0.190. The third-order valence-electron chi connectivity index (χ3n) is 13.1. The number of ether oxygens (including phenoxy) is 1. The topological polar surface area (TPSA) is 104 Å². The average molecular weight is 574 g/mol. The minimum Gasteiger partial charge on any atom is -0.469 e. The van der Waals surface area contributed by atoms with E-state index in [0.717, 1.165) is 37.7 Å². The highest BCUT2D eigenvalue weighted by molar-refractivity contribution is 6.06. The highest BCUT2D eigenvalue weighted by atomic mass is 16.5. The van der Waals surface area contributed by atoms with Gasteiger partial charge in [0.1, 0.15) is 5.41 Å². The number of fused-ring (bicyclic) bond motifs is 7. The van der Waals surface area contributed by atoms with Crippen molar-refractivity contribution in [1.29, 1.82) is 0 Å². The first-order chi connectivity index (χ1) is 19.5. The molecule has 3 saturated carbocycles. The predicted molar refractivity (Wildman–Crippen MR) is 155 cm³/mol. The molecule has 0 bridgehead atoms. The minimum atomic E-state index is -1.19. The van der Waals surface area contributed by atoms with Crippen molar-refractivity contribution < 1.29 is 23.5 Å². The van der Waals surface area contributed by atoms with Gasteiger partial charge in [-0.2, -0.15) is 0 Å². The van der Waals surface area contributed by atoms with Crippen molar-refractivity contribution in [3.8, 4) is 0 Å². The summed E-state index contributed by atoms with van der Waals surface area (Å²) in [6.45, 7) is 22.6. The van der Waals surface area contributed by atoms with Gasteiger partial charge in [0, 0.05) is 18.3 Å². The number of Topliss-reactive ketones (excluding diaryl/α,β-unsaturated/α-hetero) is 1. The maximum absolute atomic E-state index is 14.6. The van der Waals surface area contributed by atoms with Crippen LogP contribution in [0.5, 0.6) is 0 Å². The molecule has 0 aliphatic heterocycles. The van der Waals surface area contributed by atoms with Gasteiger partial charge < -0.3 is 13.9 Å². The number of rotatable bonds is 2. The van der Waals surface area contributed by atoms with Gasteiger partial charge in [0.05, 0.1) is 19.1 Å². The highest BCUT2D eigenvalue weighted by Gasteiger charge is 2.72. The van der Waals surface area contributed by atoms with Crippen LogP contribution in [0.4, 0.5) is 0 Å². The molecule has 8 atom stereocenters. The molecule has 0 unspecified atom stereocenters. The summed E-state index contributed by atoms with van der Waals surface area (Å²) in [5.74, 6) is -0.481. The number of hydrogen-bond acceptors (Lipinski definition) is 7. The number of methoxy groups -OCH3 is 1. The smallest absolute Gasteiger partial charge is 0.312 e. The molecule has 5 aliphatic rings. The van der Waals surface area contributed by atoms with E-state index in [1.807, 2.05) is 19.1 Å². The molecule has 0 spiro atoms. The number of aromatic nitrogens is 2. The first-order valence-electron chi connectivity index (χ1n) is 15.3. The Kier molecular flexibility index (Phi) is 6.03. The fraction of sp³-hybridized carbons (Fsp3) is 0.706. The summed E-state index contributed by atoms with van der Waals surface area (Å²) < 4.78 is 11.3. The van der Waals surface area contributed by atoms with Gasteiger partial charge in [0.15, 0.2) is 11.6 Å². The lowest BCUT2D eigenvalue weighted by Crippen LogP contribution is -2.66. The maximum Gasteiger partial charge on any atom is 0.312 e. The Bertz CT molecular complexity index is 1510. The minimum absolute atomic E-state index is 0.0241. The van der Waals surface area contributed by atoms with E-state index >= 15 is 0 Å². The molecule has 5 aliphatic carbocycles. The Morgan fingerprint density at radius 3 is 2.36 bits per heavy atom. The molecule has 0 saturated heterocycles. The fourth-order valence-corrected chi connectivity index (χ4v) is 10.6. The number of esters is 1. The number of carbonyl (C=O) groups excluding carboxylic acids is 3. The molecule has 6 rings (SSSR count). The Balaban J connectivity index is 1.54. The number of aryl methyl sites for hydroxylation is 1. The van der Waals surface area contributed by atoms with Crippen LogP contribution in [0.3, 0.4) is 0 Å². The van der Waals surface area contributed by atoms with Gasteiger partial charge >= 0.3 is 5.97 Å². The van der Waals surface area contributed by atoms with Gasteiger partial charge in [0.25, 0.3) is 0 Å². The molecule has 0 amide bonds. The Morgan fingerprint density at radius 2 is 1.74 bits per heavy atom. The average Bonchev–Trinajstić information content (AvgIpc) is 3.38. The molecule has 3 fully saturated rings. The van der Waals surface area contributed by atoms with Gasteiger partial charge in [-0.05, 0) is 86.0 Å². The van der Waals surface area contributed by atoms with E-state index < -0.39 is 21.7 Å². The van der Waals surface area contributed by atoms with Crippen LogP contribution >= 0.6 is 0 Å². The summed E-state index contributed by atoms with van der Waals surface area (Å²) in [5.41, 5.74) is -2.28. The van der Waals surface area contributed by atoms with Crippen LogP contribution in [-0.4, -0.2) is 34.8 Å². The molecule has 1 aromatic rings. The highest BCUT2D eigenvalue weighted by Crippen LogP contribution is 2.74. The maximum atomic E-state index is 14.6. The lowest BCUT2D eigenvalue weighted by atomic mass is 9.34. The number of hydrogen-bond donors (Lipinski definition) is 0. The summed E-state index contributed by atoms with van der Waals surface area (Å²) in [6.07, 6.45) is 9.06. The molecule has 42 heavy (non-hydrogen) atoms. The predicted octanol–water partition coefficient (Wildman–Crippen LogP) is 6.36. The summed E-state index contributed by atoms with van der Waals surface area (Å²) in [7, 11) is 1.47. The zero-order valence-corrected chi connectivity index (χ0v) is 26.2. The van der Waals surface area contributed by atoms with E-state index in [9.17, 15) is 14.4 Å². The van der Waals surface area contributed by atoms with E-state index in [1.54, 1.807) is 6.92 Å². The molecular formula is C34H43N3O5.